The van der Waals surface area contributed by atoms with Gasteiger partial charge in [-0.05, 0) is 31.2 Å². The van der Waals surface area contributed by atoms with Gasteiger partial charge in [0.25, 0.3) is 10.0 Å². The summed E-state index contributed by atoms with van der Waals surface area (Å²) in [5, 5.41) is 7.81. The minimum atomic E-state index is -3.99. The first-order valence-corrected chi connectivity index (χ1v) is 10.4. The van der Waals surface area contributed by atoms with Crippen LogP contribution in [0.4, 0.5) is 11.4 Å². The smallest absolute Gasteiger partial charge is 0.264 e. The molecule has 0 aliphatic carbocycles. The summed E-state index contributed by atoms with van der Waals surface area (Å²) in [5.74, 6) is -1.01. The highest BCUT2D eigenvalue weighted by atomic mass is 32.2. The summed E-state index contributed by atoms with van der Waals surface area (Å²) in [6.45, 7) is 1.23. The lowest BCUT2D eigenvalue weighted by Crippen LogP contribution is -2.26. The number of sulfonamides is 1. The molecule has 0 radical (unpaired) electrons. The van der Waals surface area contributed by atoms with Crippen molar-refractivity contribution >= 4 is 33.0 Å². The van der Waals surface area contributed by atoms with Crippen molar-refractivity contribution in [2.75, 3.05) is 4.72 Å². The Balaban J connectivity index is 1.92. The molecule has 0 aliphatic heterocycles. The molecule has 0 aliphatic rings. The van der Waals surface area contributed by atoms with Crippen molar-refractivity contribution in [1.82, 2.24) is 4.98 Å². The fourth-order valence-corrected chi connectivity index (χ4v) is 3.79. The van der Waals surface area contributed by atoms with Gasteiger partial charge in [-0.3, -0.25) is 19.3 Å². The molecule has 0 spiro atoms. The molecule has 152 valence electrons. The van der Waals surface area contributed by atoms with Gasteiger partial charge in [-0.1, -0.05) is 42.5 Å². The highest BCUT2D eigenvalue weighted by Crippen LogP contribution is 2.26. The number of azo groups is 1. The Morgan fingerprint density at radius 3 is 2.23 bits per heavy atom. The number of anilines is 1. The standard InChI is InChI=1S/C21H18N4O4S/c1-15(26)20(21(27)16-7-3-2-4-8-16)24-23-18-9-5-6-10-19(18)30(28,29)25-17-11-13-22-14-12-17/h2-14,20H,1H3,(H,22,25). The number of carbonyl (C=O) groups excluding carboxylic acids is 2. The van der Waals surface area contributed by atoms with Crippen LogP contribution >= 0.6 is 0 Å². The molecular formula is C21H18N4O4S. The maximum atomic E-state index is 12.8. The lowest BCUT2D eigenvalue weighted by atomic mass is 10.0. The molecule has 0 saturated carbocycles. The molecule has 3 aromatic rings. The lowest BCUT2D eigenvalue weighted by molar-refractivity contribution is -0.117. The average molecular weight is 422 g/mol. The van der Waals surface area contributed by atoms with E-state index in [9.17, 15) is 18.0 Å². The topological polar surface area (TPSA) is 118 Å². The third-order valence-corrected chi connectivity index (χ3v) is 5.49. The summed E-state index contributed by atoms with van der Waals surface area (Å²) in [4.78, 5) is 28.3. The fourth-order valence-electron chi connectivity index (χ4n) is 2.60. The number of hydrogen-bond donors (Lipinski definition) is 1. The van der Waals surface area contributed by atoms with Crippen molar-refractivity contribution in [3.63, 3.8) is 0 Å². The van der Waals surface area contributed by atoms with Crippen LogP contribution in [-0.2, 0) is 14.8 Å². The zero-order chi connectivity index (χ0) is 21.6. The van der Waals surface area contributed by atoms with Crippen molar-refractivity contribution in [2.24, 2.45) is 10.2 Å². The molecule has 1 unspecified atom stereocenters. The van der Waals surface area contributed by atoms with Crippen LogP contribution in [0.25, 0.3) is 0 Å². The monoisotopic (exact) mass is 422 g/mol. The third-order valence-electron chi connectivity index (χ3n) is 4.06. The summed E-state index contributed by atoms with van der Waals surface area (Å²) in [7, 11) is -3.99. The molecule has 1 atom stereocenters. The summed E-state index contributed by atoms with van der Waals surface area (Å²) in [6, 6.07) is 15.8. The number of carbonyl (C=O) groups is 2. The van der Waals surface area contributed by atoms with E-state index in [0.29, 0.717) is 11.3 Å². The van der Waals surface area contributed by atoms with Crippen molar-refractivity contribution in [3.05, 3.63) is 84.7 Å². The third kappa shape index (κ3) is 5.00. The number of pyridine rings is 1. The molecule has 8 nitrogen and oxygen atoms in total. The molecule has 1 aromatic heterocycles. The Labute approximate surface area is 173 Å². The van der Waals surface area contributed by atoms with Crippen molar-refractivity contribution < 1.29 is 18.0 Å². The van der Waals surface area contributed by atoms with Crippen LogP contribution in [0.2, 0.25) is 0 Å². The van der Waals surface area contributed by atoms with Gasteiger partial charge in [-0.15, -0.1) is 0 Å². The van der Waals surface area contributed by atoms with Crippen LogP contribution in [-0.4, -0.2) is 31.0 Å². The predicted octanol–water partition coefficient (Wildman–Crippen LogP) is 3.81. The highest BCUT2D eigenvalue weighted by Gasteiger charge is 2.25. The van der Waals surface area contributed by atoms with Crippen molar-refractivity contribution in [2.45, 2.75) is 17.9 Å². The SMILES string of the molecule is CC(=O)C(N=Nc1ccccc1S(=O)(=O)Nc1ccncc1)C(=O)c1ccccc1. The molecule has 9 heteroatoms. The highest BCUT2D eigenvalue weighted by molar-refractivity contribution is 7.92. The number of rotatable bonds is 8. The minimum Gasteiger partial charge on any atom is -0.297 e. The van der Waals surface area contributed by atoms with Gasteiger partial charge in [0.1, 0.15) is 10.6 Å². The predicted molar refractivity (Wildman–Crippen MR) is 111 cm³/mol. The average Bonchev–Trinajstić information content (AvgIpc) is 2.75. The molecule has 0 bridgehead atoms. The maximum Gasteiger partial charge on any atom is 0.264 e. The molecule has 1 heterocycles. The first kappa shape index (κ1) is 21.0. The van der Waals surface area contributed by atoms with E-state index in [1.54, 1.807) is 36.4 Å². The van der Waals surface area contributed by atoms with Gasteiger partial charge in [0.2, 0.25) is 0 Å². The number of benzene rings is 2. The summed E-state index contributed by atoms with van der Waals surface area (Å²) in [6.07, 6.45) is 2.91. The number of aromatic nitrogens is 1. The zero-order valence-electron chi connectivity index (χ0n) is 16.0. The summed E-state index contributed by atoms with van der Waals surface area (Å²) in [5.41, 5.74) is 0.653. The van der Waals surface area contributed by atoms with E-state index < -0.39 is 27.6 Å². The van der Waals surface area contributed by atoms with E-state index in [0.717, 1.165) is 0 Å². The van der Waals surface area contributed by atoms with Gasteiger partial charge in [0, 0.05) is 18.0 Å². The maximum absolute atomic E-state index is 12.8. The number of hydrogen-bond acceptors (Lipinski definition) is 7. The van der Waals surface area contributed by atoms with E-state index in [1.165, 1.54) is 49.6 Å². The molecule has 0 saturated heterocycles. The van der Waals surface area contributed by atoms with Gasteiger partial charge >= 0.3 is 0 Å². The molecule has 1 N–H and O–H groups in total. The van der Waals surface area contributed by atoms with Crippen LogP contribution < -0.4 is 4.72 Å². The second-order valence-electron chi connectivity index (χ2n) is 6.27. The van der Waals surface area contributed by atoms with E-state index in [2.05, 4.69) is 19.9 Å². The molecular weight excluding hydrogens is 404 g/mol. The minimum absolute atomic E-state index is 0.00571. The fraction of sp³-hybridized carbons (Fsp3) is 0.0952. The molecule has 0 amide bonds. The second-order valence-corrected chi connectivity index (χ2v) is 7.92. The first-order chi connectivity index (χ1) is 14.4. The number of nitrogens with one attached hydrogen (secondary N) is 1. The van der Waals surface area contributed by atoms with Crippen molar-refractivity contribution in [3.8, 4) is 0 Å². The van der Waals surface area contributed by atoms with Gasteiger partial charge < -0.3 is 0 Å². The number of ketones is 2. The molecule has 30 heavy (non-hydrogen) atoms. The Kier molecular flexibility index (Phi) is 6.43. The second kappa shape index (κ2) is 9.19. The number of nitrogens with zero attached hydrogens (tertiary/aromatic N) is 3. The quantitative estimate of drug-likeness (QED) is 0.336. The zero-order valence-corrected chi connectivity index (χ0v) is 16.8. The van der Waals surface area contributed by atoms with Gasteiger partial charge in [0.05, 0.1) is 5.69 Å². The molecule has 0 fully saturated rings. The van der Waals surface area contributed by atoms with Crippen LogP contribution in [0, 0.1) is 0 Å². The largest absolute Gasteiger partial charge is 0.297 e. The van der Waals surface area contributed by atoms with E-state index in [4.69, 9.17) is 0 Å². The normalized spacial score (nSPS) is 12.4. The first-order valence-electron chi connectivity index (χ1n) is 8.91. The molecule has 3 rings (SSSR count). The lowest BCUT2D eigenvalue weighted by Gasteiger charge is -2.10. The Morgan fingerprint density at radius 2 is 1.57 bits per heavy atom. The van der Waals surface area contributed by atoms with E-state index >= 15 is 0 Å². The van der Waals surface area contributed by atoms with Crippen molar-refractivity contribution in [1.29, 1.82) is 0 Å². The van der Waals surface area contributed by atoms with E-state index in [-0.39, 0.29) is 10.6 Å². The van der Waals surface area contributed by atoms with Gasteiger partial charge in [0.15, 0.2) is 17.6 Å². The van der Waals surface area contributed by atoms with Crippen LogP contribution in [0.15, 0.2) is 94.2 Å². The summed E-state index contributed by atoms with van der Waals surface area (Å²) < 4.78 is 28.0. The van der Waals surface area contributed by atoms with E-state index in [1.807, 2.05) is 0 Å². The summed E-state index contributed by atoms with van der Waals surface area (Å²) >= 11 is 0. The Morgan fingerprint density at radius 1 is 0.933 bits per heavy atom. The molecule has 2 aromatic carbocycles. The van der Waals surface area contributed by atoms with Crippen LogP contribution in [0.3, 0.4) is 0 Å². The van der Waals surface area contributed by atoms with Gasteiger partial charge in [-0.25, -0.2) is 8.42 Å². The van der Waals surface area contributed by atoms with Crippen LogP contribution in [0.1, 0.15) is 17.3 Å². The number of Topliss-reactive ketones (excluding diaryl/α,β-unsaturated/α-hetero) is 2. The van der Waals surface area contributed by atoms with Gasteiger partial charge in [-0.2, -0.15) is 10.2 Å². The Bertz CT molecular complexity index is 1180. The Hall–Kier alpha value is -3.72. The van der Waals surface area contributed by atoms with Crippen LogP contribution in [0.5, 0.6) is 0 Å².